The van der Waals surface area contributed by atoms with Crippen molar-refractivity contribution in [2.45, 2.75) is 24.9 Å². The maximum absolute atomic E-state index is 14.3. The minimum atomic E-state index is -0.729. The van der Waals surface area contributed by atoms with Crippen LogP contribution in [-0.2, 0) is 16.0 Å². The van der Waals surface area contributed by atoms with Crippen LogP contribution < -0.4 is 10.2 Å². The number of para-hydroxylation sites is 2. The van der Waals surface area contributed by atoms with Crippen LogP contribution in [0.2, 0.25) is 5.02 Å². The number of H-pyrrole nitrogens is 1. The summed E-state index contributed by atoms with van der Waals surface area (Å²) in [5.74, 6) is -0.661. The van der Waals surface area contributed by atoms with Gasteiger partial charge in [-0.2, -0.15) is 0 Å². The number of amides is 4. The number of morpholine rings is 1. The maximum atomic E-state index is 14.3. The van der Waals surface area contributed by atoms with E-state index in [0.717, 1.165) is 67.0 Å². The van der Waals surface area contributed by atoms with E-state index in [-0.39, 0.29) is 17.5 Å². The Bertz CT molecular complexity index is 1710. The zero-order valence-electron chi connectivity index (χ0n) is 23.6. The van der Waals surface area contributed by atoms with Crippen molar-refractivity contribution in [2.75, 3.05) is 44.3 Å². The van der Waals surface area contributed by atoms with Gasteiger partial charge >= 0.3 is 6.03 Å². The van der Waals surface area contributed by atoms with Crippen LogP contribution >= 0.6 is 11.6 Å². The van der Waals surface area contributed by atoms with E-state index in [2.05, 4.69) is 15.2 Å². The van der Waals surface area contributed by atoms with Crippen molar-refractivity contribution in [2.24, 2.45) is 0 Å². The number of nitrogens with zero attached hydrogens (tertiary/aromatic N) is 3. The number of fused-ring (bicyclic) bond motifs is 4. The average molecular weight is 598 g/mol. The summed E-state index contributed by atoms with van der Waals surface area (Å²) in [6, 6.07) is 20.4. The van der Waals surface area contributed by atoms with E-state index in [1.807, 2.05) is 42.5 Å². The third-order valence-corrected chi connectivity index (χ3v) is 8.88. The molecule has 3 aliphatic heterocycles. The number of aromatic amines is 1. The molecule has 220 valence electrons. The smallest absolute Gasteiger partial charge is 0.332 e. The van der Waals surface area contributed by atoms with Crippen molar-refractivity contribution >= 4 is 46.0 Å². The fraction of sp³-hybridized carbons (Fsp3) is 0.303. The second-order valence-electron chi connectivity index (χ2n) is 11.2. The van der Waals surface area contributed by atoms with Gasteiger partial charge in [0, 0.05) is 47.7 Å². The number of carbonyl (C=O) groups excluding carboxylic acids is 3. The number of carbonyl (C=O) groups is 3. The van der Waals surface area contributed by atoms with Gasteiger partial charge in [0.15, 0.2) is 0 Å². The Morgan fingerprint density at radius 3 is 2.63 bits per heavy atom. The largest absolute Gasteiger partial charge is 0.379 e. The Hall–Kier alpha value is -4.18. The SMILES string of the molecule is O=C(NCCCN1CCOCC1)c1ccccc1N1C(=O)C2Cc3c([nH]c4ccccc34)C(c3cccc(Cl)c3)N2C1=O. The summed E-state index contributed by atoms with van der Waals surface area (Å²) >= 11 is 6.41. The molecule has 3 aliphatic rings. The van der Waals surface area contributed by atoms with Crippen LogP contribution in [0.25, 0.3) is 10.9 Å². The maximum Gasteiger partial charge on any atom is 0.332 e. The molecule has 0 radical (unpaired) electrons. The van der Waals surface area contributed by atoms with Gasteiger partial charge in [-0.1, -0.05) is 54.1 Å². The highest BCUT2D eigenvalue weighted by Crippen LogP contribution is 2.45. The van der Waals surface area contributed by atoms with Gasteiger partial charge in [-0.3, -0.25) is 19.4 Å². The van der Waals surface area contributed by atoms with Gasteiger partial charge in [0.05, 0.1) is 24.5 Å². The Kier molecular flexibility index (Phi) is 7.38. The molecule has 43 heavy (non-hydrogen) atoms. The van der Waals surface area contributed by atoms with Crippen LogP contribution in [0, 0.1) is 0 Å². The van der Waals surface area contributed by atoms with Gasteiger partial charge in [0.1, 0.15) is 12.1 Å². The summed E-state index contributed by atoms with van der Waals surface area (Å²) in [7, 11) is 0. The van der Waals surface area contributed by atoms with E-state index >= 15 is 0 Å². The monoisotopic (exact) mass is 597 g/mol. The molecule has 7 rings (SSSR count). The van der Waals surface area contributed by atoms with Gasteiger partial charge in [0.25, 0.3) is 11.8 Å². The first kappa shape index (κ1) is 27.6. The zero-order valence-corrected chi connectivity index (χ0v) is 24.3. The van der Waals surface area contributed by atoms with Crippen molar-refractivity contribution in [1.82, 2.24) is 20.1 Å². The fourth-order valence-electron chi connectivity index (χ4n) is 6.60. The molecule has 4 amide bonds. The van der Waals surface area contributed by atoms with Crippen molar-refractivity contribution < 1.29 is 19.1 Å². The van der Waals surface area contributed by atoms with Gasteiger partial charge in [-0.05, 0) is 54.4 Å². The number of hydrogen-bond acceptors (Lipinski definition) is 5. The number of benzene rings is 3. The predicted octanol–water partition coefficient (Wildman–Crippen LogP) is 4.76. The molecule has 9 nitrogen and oxygen atoms in total. The highest BCUT2D eigenvalue weighted by Gasteiger charge is 2.53. The number of nitrogens with one attached hydrogen (secondary N) is 2. The summed E-state index contributed by atoms with van der Waals surface area (Å²) in [6.07, 6.45) is 1.16. The lowest BCUT2D eigenvalue weighted by molar-refractivity contribution is -0.120. The number of imide groups is 1. The molecule has 0 spiro atoms. The number of aromatic nitrogens is 1. The first-order valence-corrected chi connectivity index (χ1v) is 15.1. The highest BCUT2D eigenvalue weighted by atomic mass is 35.5. The number of ether oxygens (including phenoxy) is 1. The summed E-state index contributed by atoms with van der Waals surface area (Å²) in [5.41, 5.74) is 4.21. The lowest BCUT2D eigenvalue weighted by atomic mass is 9.89. The molecule has 0 aliphatic carbocycles. The van der Waals surface area contributed by atoms with Crippen LogP contribution in [-0.4, -0.2) is 78.1 Å². The number of urea groups is 1. The first-order valence-electron chi connectivity index (χ1n) is 14.7. The molecular weight excluding hydrogens is 566 g/mol. The lowest BCUT2D eigenvalue weighted by Gasteiger charge is -2.36. The van der Waals surface area contributed by atoms with Crippen LogP contribution in [0.5, 0.6) is 0 Å². The molecule has 3 aromatic carbocycles. The van der Waals surface area contributed by atoms with E-state index < -0.39 is 18.1 Å². The third kappa shape index (κ3) is 4.97. The molecule has 4 aromatic rings. The molecule has 2 saturated heterocycles. The molecule has 1 aromatic heterocycles. The molecule has 4 heterocycles. The van der Waals surface area contributed by atoms with Crippen LogP contribution in [0.1, 0.15) is 39.6 Å². The van der Waals surface area contributed by atoms with Crippen molar-refractivity contribution in [3.8, 4) is 0 Å². The predicted molar refractivity (Wildman–Crippen MR) is 164 cm³/mol. The van der Waals surface area contributed by atoms with Crippen LogP contribution in [0.15, 0.2) is 72.8 Å². The first-order chi connectivity index (χ1) is 21.0. The molecule has 2 fully saturated rings. The van der Waals surface area contributed by atoms with E-state index in [4.69, 9.17) is 16.3 Å². The van der Waals surface area contributed by atoms with E-state index in [0.29, 0.717) is 23.6 Å². The topological polar surface area (TPSA) is 98.0 Å². The second kappa shape index (κ2) is 11.5. The molecular formula is C33H32ClN5O4. The average Bonchev–Trinajstić information content (AvgIpc) is 3.52. The summed E-state index contributed by atoms with van der Waals surface area (Å²) in [4.78, 5) is 50.5. The lowest BCUT2D eigenvalue weighted by Crippen LogP contribution is -2.44. The van der Waals surface area contributed by atoms with E-state index in [9.17, 15) is 14.4 Å². The third-order valence-electron chi connectivity index (χ3n) is 8.64. The van der Waals surface area contributed by atoms with Gasteiger partial charge < -0.3 is 15.0 Å². The Balaban J connectivity index is 1.19. The number of rotatable bonds is 7. The van der Waals surface area contributed by atoms with E-state index in [1.54, 1.807) is 35.2 Å². The second-order valence-corrected chi connectivity index (χ2v) is 11.6. The summed E-state index contributed by atoms with van der Waals surface area (Å²) < 4.78 is 5.40. The Morgan fingerprint density at radius 2 is 1.79 bits per heavy atom. The van der Waals surface area contributed by atoms with E-state index in [1.165, 1.54) is 4.90 Å². The summed E-state index contributed by atoms with van der Waals surface area (Å²) in [6.45, 7) is 4.60. The Morgan fingerprint density at radius 1 is 1.00 bits per heavy atom. The Labute approximate surface area is 254 Å². The minimum absolute atomic E-state index is 0.288. The van der Waals surface area contributed by atoms with Gasteiger partial charge in [0.2, 0.25) is 0 Å². The minimum Gasteiger partial charge on any atom is -0.379 e. The fourth-order valence-corrected chi connectivity index (χ4v) is 6.80. The van der Waals surface area contributed by atoms with Crippen LogP contribution in [0.4, 0.5) is 10.5 Å². The molecule has 2 atom stereocenters. The standard InChI is InChI=1S/C33H32ClN5O4/c34-22-8-5-7-21(19-22)30-29-25(23-9-1-3-11-26(23)36-29)20-28-32(41)39(33(42)38(28)30)27-12-4-2-10-24(27)31(40)35-13-6-14-37-15-17-43-18-16-37/h1-5,7-12,19,28,30,36H,6,13-18,20H2,(H,35,40). The summed E-state index contributed by atoms with van der Waals surface area (Å²) in [5, 5.41) is 4.56. The van der Waals surface area contributed by atoms with Gasteiger partial charge in [-0.25, -0.2) is 9.69 Å². The van der Waals surface area contributed by atoms with Gasteiger partial charge in [-0.15, -0.1) is 0 Å². The quantitative estimate of drug-likeness (QED) is 0.237. The van der Waals surface area contributed by atoms with Crippen molar-refractivity contribution in [1.29, 1.82) is 0 Å². The number of hydrogen-bond donors (Lipinski definition) is 2. The van der Waals surface area contributed by atoms with Crippen molar-refractivity contribution in [3.05, 3.63) is 100 Å². The molecule has 0 bridgehead atoms. The normalized spacial score (nSPS) is 20.4. The molecule has 10 heteroatoms. The van der Waals surface area contributed by atoms with Crippen molar-refractivity contribution in [3.63, 3.8) is 0 Å². The molecule has 2 N–H and O–H groups in total. The molecule has 0 saturated carbocycles. The zero-order chi connectivity index (χ0) is 29.5. The molecule has 2 unspecified atom stereocenters. The van der Waals surface area contributed by atoms with Crippen LogP contribution in [0.3, 0.4) is 0 Å². The number of halogens is 1. The number of anilines is 1. The highest BCUT2D eigenvalue weighted by molar-refractivity contribution is 6.30.